The van der Waals surface area contributed by atoms with Crippen LogP contribution in [0.3, 0.4) is 0 Å². The third kappa shape index (κ3) is 7.35. The van der Waals surface area contributed by atoms with Gasteiger partial charge in [0, 0.05) is 30.5 Å². The van der Waals surface area contributed by atoms with E-state index < -0.39 is 6.36 Å². The average molecular weight is 461 g/mol. The summed E-state index contributed by atoms with van der Waals surface area (Å²) in [5.74, 6) is 0.426. The summed E-state index contributed by atoms with van der Waals surface area (Å²) < 4.78 is 41.9. The van der Waals surface area contributed by atoms with Crippen molar-refractivity contribution in [2.45, 2.75) is 39.0 Å². The van der Waals surface area contributed by atoms with Crippen LogP contribution in [-0.4, -0.2) is 34.6 Å². The summed E-state index contributed by atoms with van der Waals surface area (Å²) >= 11 is 0. The number of nitrogens with one attached hydrogen (secondary N) is 2. The smallest absolute Gasteiger partial charge is 0.406 e. The molecule has 9 heteroatoms. The summed E-state index contributed by atoms with van der Waals surface area (Å²) in [7, 11) is 0. The third-order valence-electron chi connectivity index (χ3n) is 4.73. The Kier molecular flexibility index (Phi) is 7.43. The molecule has 1 heterocycles. The van der Waals surface area contributed by atoms with E-state index >= 15 is 0 Å². The van der Waals surface area contributed by atoms with Gasteiger partial charge in [-0.2, -0.15) is 4.98 Å². The Labute approximate surface area is 190 Å². The molecule has 0 aliphatic rings. The second-order valence-electron chi connectivity index (χ2n) is 8.49. The SMILES string of the molecule is CC(C)(C)c1ccc(Nc2cc(-c3cccc(OC(F)(F)F)c3)nc(NCCCO)n2)cc1. The van der Waals surface area contributed by atoms with E-state index in [1.54, 1.807) is 12.1 Å². The van der Waals surface area contributed by atoms with E-state index in [1.807, 2.05) is 24.3 Å². The second-order valence-corrected chi connectivity index (χ2v) is 8.49. The van der Waals surface area contributed by atoms with Crippen LogP contribution in [0.4, 0.5) is 30.6 Å². The zero-order valence-electron chi connectivity index (χ0n) is 18.7. The number of rotatable bonds is 8. The Morgan fingerprint density at radius 3 is 2.33 bits per heavy atom. The molecule has 0 aliphatic heterocycles. The molecule has 0 bridgehead atoms. The molecule has 1 aromatic heterocycles. The lowest BCUT2D eigenvalue weighted by molar-refractivity contribution is -0.274. The first-order valence-corrected chi connectivity index (χ1v) is 10.5. The Hall–Kier alpha value is -3.33. The molecule has 3 N–H and O–H groups in total. The number of ether oxygens (including phenoxy) is 1. The van der Waals surface area contributed by atoms with Gasteiger partial charge in [0.1, 0.15) is 11.6 Å². The topological polar surface area (TPSA) is 79.3 Å². The van der Waals surface area contributed by atoms with Crippen molar-refractivity contribution in [2.75, 3.05) is 23.8 Å². The summed E-state index contributed by atoms with van der Waals surface area (Å²) in [4.78, 5) is 8.87. The van der Waals surface area contributed by atoms with E-state index in [-0.39, 0.29) is 23.7 Å². The first-order valence-electron chi connectivity index (χ1n) is 10.5. The molecule has 33 heavy (non-hydrogen) atoms. The van der Waals surface area contributed by atoms with Gasteiger partial charge < -0.3 is 20.5 Å². The van der Waals surface area contributed by atoms with Crippen molar-refractivity contribution < 1.29 is 23.0 Å². The monoisotopic (exact) mass is 460 g/mol. The summed E-state index contributed by atoms with van der Waals surface area (Å²) in [6, 6.07) is 15.2. The van der Waals surface area contributed by atoms with Gasteiger partial charge in [0.05, 0.1) is 5.69 Å². The molecule has 0 saturated heterocycles. The van der Waals surface area contributed by atoms with Gasteiger partial charge in [-0.15, -0.1) is 13.2 Å². The Morgan fingerprint density at radius 1 is 0.970 bits per heavy atom. The Bertz CT molecular complexity index is 1060. The summed E-state index contributed by atoms with van der Waals surface area (Å²) in [6.45, 7) is 6.85. The number of hydrogen-bond donors (Lipinski definition) is 3. The fourth-order valence-corrected chi connectivity index (χ4v) is 3.07. The molecule has 0 amide bonds. The number of aliphatic hydroxyl groups is 1. The minimum absolute atomic E-state index is 0.00868. The van der Waals surface area contributed by atoms with Gasteiger partial charge in [0.25, 0.3) is 0 Å². The van der Waals surface area contributed by atoms with Gasteiger partial charge in [-0.1, -0.05) is 45.0 Å². The van der Waals surface area contributed by atoms with Gasteiger partial charge >= 0.3 is 6.36 Å². The molecule has 2 aromatic carbocycles. The number of nitrogens with zero attached hydrogens (tertiary/aromatic N) is 2. The summed E-state index contributed by atoms with van der Waals surface area (Å²) in [6.07, 6.45) is -4.28. The fourth-order valence-electron chi connectivity index (χ4n) is 3.07. The zero-order chi connectivity index (χ0) is 24.1. The van der Waals surface area contributed by atoms with Crippen LogP contribution >= 0.6 is 0 Å². The van der Waals surface area contributed by atoms with Crippen LogP contribution in [0.2, 0.25) is 0 Å². The minimum atomic E-state index is -4.78. The number of alkyl halides is 3. The molecule has 0 saturated carbocycles. The first kappa shape index (κ1) is 24.3. The van der Waals surface area contributed by atoms with Crippen LogP contribution in [0.5, 0.6) is 5.75 Å². The van der Waals surface area contributed by atoms with Crippen LogP contribution in [-0.2, 0) is 5.41 Å². The van der Waals surface area contributed by atoms with Crippen molar-refractivity contribution in [3.8, 4) is 17.0 Å². The number of halogens is 3. The van der Waals surface area contributed by atoms with Crippen LogP contribution in [0, 0.1) is 0 Å². The molecule has 0 atom stereocenters. The molecular formula is C24H27F3N4O2. The molecule has 176 valence electrons. The van der Waals surface area contributed by atoms with E-state index in [1.165, 1.54) is 23.8 Å². The molecule has 3 rings (SSSR count). The average Bonchev–Trinajstić information content (AvgIpc) is 2.72. The Balaban J connectivity index is 1.92. The second kappa shape index (κ2) is 10.1. The van der Waals surface area contributed by atoms with Gasteiger partial charge in [0.15, 0.2) is 0 Å². The van der Waals surface area contributed by atoms with Crippen LogP contribution in [0.15, 0.2) is 54.6 Å². The van der Waals surface area contributed by atoms with Crippen LogP contribution in [0.25, 0.3) is 11.3 Å². The molecule has 0 unspecified atom stereocenters. The zero-order valence-corrected chi connectivity index (χ0v) is 18.7. The first-order chi connectivity index (χ1) is 15.5. The lowest BCUT2D eigenvalue weighted by Crippen LogP contribution is -2.17. The summed E-state index contributed by atoms with van der Waals surface area (Å²) in [5.41, 5.74) is 2.87. The molecule has 0 fully saturated rings. The lowest BCUT2D eigenvalue weighted by Gasteiger charge is -2.19. The standard InChI is InChI=1S/C24H27F3N4O2/c1-23(2,3)17-8-10-18(11-9-17)29-21-15-20(30-22(31-21)28-12-5-13-32)16-6-4-7-19(14-16)33-24(25,26)27/h4,6-11,14-15,32H,5,12-13H2,1-3H3,(H2,28,29,30,31). The van der Waals surface area contributed by atoms with Crippen molar-refractivity contribution in [1.82, 2.24) is 9.97 Å². The molecule has 0 radical (unpaired) electrons. The van der Waals surface area contributed by atoms with Crippen LogP contribution < -0.4 is 15.4 Å². The van der Waals surface area contributed by atoms with Crippen molar-refractivity contribution >= 4 is 17.5 Å². The Morgan fingerprint density at radius 2 is 1.70 bits per heavy atom. The van der Waals surface area contributed by atoms with E-state index in [0.717, 1.165) is 5.69 Å². The van der Waals surface area contributed by atoms with E-state index in [0.29, 0.717) is 30.0 Å². The maximum atomic E-state index is 12.6. The van der Waals surface area contributed by atoms with Crippen molar-refractivity contribution in [3.63, 3.8) is 0 Å². The number of hydrogen-bond acceptors (Lipinski definition) is 6. The van der Waals surface area contributed by atoms with E-state index in [4.69, 9.17) is 5.11 Å². The fraction of sp³-hybridized carbons (Fsp3) is 0.333. The third-order valence-corrected chi connectivity index (χ3v) is 4.73. The molecular weight excluding hydrogens is 433 g/mol. The lowest BCUT2D eigenvalue weighted by atomic mass is 9.87. The summed E-state index contributed by atoms with van der Waals surface area (Å²) in [5, 5.41) is 15.3. The maximum Gasteiger partial charge on any atom is 0.573 e. The normalized spacial score (nSPS) is 11.8. The van der Waals surface area contributed by atoms with Gasteiger partial charge in [0.2, 0.25) is 5.95 Å². The predicted molar refractivity (Wildman–Crippen MR) is 123 cm³/mol. The van der Waals surface area contributed by atoms with Gasteiger partial charge in [-0.3, -0.25) is 0 Å². The highest BCUT2D eigenvalue weighted by atomic mass is 19.4. The van der Waals surface area contributed by atoms with Crippen molar-refractivity contribution in [3.05, 3.63) is 60.2 Å². The highest BCUT2D eigenvalue weighted by Crippen LogP contribution is 2.30. The quantitative estimate of drug-likeness (QED) is 0.365. The number of aliphatic hydroxyl groups excluding tert-OH is 1. The maximum absolute atomic E-state index is 12.6. The van der Waals surface area contributed by atoms with Crippen LogP contribution in [0.1, 0.15) is 32.8 Å². The highest BCUT2D eigenvalue weighted by Gasteiger charge is 2.31. The number of anilines is 3. The van der Waals surface area contributed by atoms with E-state index in [9.17, 15) is 13.2 Å². The largest absolute Gasteiger partial charge is 0.573 e. The molecule has 3 aromatic rings. The number of benzene rings is 2. The van der Waals surface area contributed by atoms with Crippen molar-refractivity contribution in [1.29, 1.82) is 0 Å². The molecule has 0 spiro atoms. The highest BCUT2D eigenvalue weighted by molar-refractivity contribution is 5.68. The molecule has 6 nitrogen and oxygen atoms in total. The van der Waals surface area contributed by atoms with Gasteiger partial charge in [-0.05, 0) is 41.7 Å². The molecule has 0 aliphatic carbocycles. The number of aromatic nitrogens is 2. The predicted octanol–water partition coefficient (Wildman–Crippen LogP) is 5.88. The van der Waals surface area contributed by atoms with Gasteiger partial charge in [-0.25, -0.2) is 4.98 Å². The van der Waals surface area contributed by atoms with Crippen molar-refractivity contribution in [2.24, 2.45) is 0 Å². The van der Waals surface area contributed by atoms with E-state index in [2.05, 4.69) is 46.1 Å². The minimum Gasteiger partial charge on any atom is -0.406 e.